The highest BCUT2D eigenvalue weighted by molar-refractivity contribution is 5.40. The van der Waals surface area contributed by atoms with E-state index in [0.717, 1.165) is 25.1 Å². The predicted molar refractivity (Wildman–Crippen MR) is 82.0 cm³/mol. The van der Waals surface area contributed by atoms with Gasteiger partial charge >= 0.3 is 0 Å². The van der Waals surface area contributed by atoms with Gasteiger partial charge in [-0.15, -0.1) is 0 Å². The number of rotatable bonds is 6. The van der Waals surface area contributed by atoms with Crippen LogP contribution in [0.1, 0.15) is 54.2 Å². The van der Waals surface area contributed by atoms with Crippen LogP contribution in [0.5, 0.6) is 0 Å². The molecule has 1 heterocycles. The molecular weight excluding hydrogens is 246 g/mol. The molecule has 0 aliphatic heterocycles. The molecule has 2 atom stereocenters. The van der Waals surface area contributed by atoms with Crippen LogP contribution >= 0.6 is 0 Å². The summed E-state index contributed by atoms with van der Waals surface area (Å²) >= 11 is 0. The predicted octanol–water partition coefficient (Wildman–Crippen LogP) is 4.36. The van der Waals surface area contributed by atoms with Gasteiger partial charge in [-0.1, -0.05) is 31.2 Å². The zero-order chi connectivity index (χ0) is 13.9. The Morgan fingerprint density at radius 3 is 2.90 bits per heavy atom. The van der Waals surface area contributed by atoms with Crippen LogP contribution in [0.25, 0.3) is 0 Å². The van der Waals surface area contributed by atoms with Crippen LogP contribution in [0, 0.1) is 6.92 Å². The maximum absolute atomic E-state index is 5.49. The minimum atomic E-state index is 0.408. The molecule has 2 unspecified atom stereocenters. The highest BCUT2D eigenvalue weighted by Crippen LogP contribution is 2.40. The smallest absolute Gasteiger partial charge is 0.101 e. The molecule has 106 valence electrons. The SMILES string of the molecule is CCCNC(CC1Cc2ccccc21)c1coc(C)c1. The summed E-state index contributed by atoms with van der Waals surface area (Å²) in [6, 6.07) is 11.4. The van der Waals surface area contributed by atoms with Crippen LogP contribution < -0.4 is 5.32 Å². The summed E-state index contributed by atoms with van der Waals surface area (Å²) in [5.74, 6) is 1.69. The fourth-order valence-electron chi connectivity index (χ4n) is 3.16. The third kappa shape index (κ3) is 2.66. The van der Waals surface area contributed by atoms with Crippen LogP contribution in [-0.2, 0) is 6.42 Å². The van der Waals surface area contributed by atoms with E-state index < -0.39 is 0 Å². The summed E-state index contributed by atoms with van der Waals surface area (Å²) in [5.41, 5.74) is 4.35. The average molecular weight is 269 g/mol. The number of furan rings is 1. The molecule has 1 aromatic heterocycles. The first-order valence-electron chi connectivity index (χ1n) is 7.64. The van der Waals surface area contributed by atoms with Gasteiger partial charge in [0.05, 0.1) is 6.26 Å². The zero-order valence-corrected chi connectivity index (χ0v) is 12.4. The monoisotopic (exact) mass is 269 g/mol. The Balaban J connectivity index is 1.71. The van der Waals surface area contributed by atoms with Crippen molar-refractivity contribution in [1.82, 2.24) is 5.32 Å². The molecule has 3 rings (SSSR count). The first-order valence-corrected chi connectivity index (χ1v) is 7.64. The molecule has 20 heavy (non-hydrogen) atoms. The topological polar surface area (TPSA) is 25.2 Å². The van der Waals surface area contributed by atoms with Gasteiger partial charge in [-0.05, 0) is 55.8 Å². The molecule has 2 nitrogen and oxygen atoms in total. The van der Waals surface area contributed by atoms with Gasteiger partial charge < -0.3 is 9.73 Å². The maximum Gasteiger partial charge on any atom is 0.101 e. The van der Waals surface area contributed by atoms with E-state index in [1.165, 1.54) is 23.1 Å². The van der Waals surface area contributed by atoms with Gasteiger partial charge in [0.15, 0.2) is 0 Å². The van der Waals surface area contributed by atoms with Crippen molar-refractivity contribution in [2.45, 2.75) is 45.1 Å². The molecule has 1 N–H and O–H groups in total. The maximum atomic E-state index is 5.49. The molecule has 0 saturated carbocycles. The van der Waals surface area contributed by atoms with Crippen molar-refractivity contribution in [3.05, 3.63) is 59.0 Å². The average Bonchev–Trinajstić information content (AvgIpc) is 2.86. The summed E-state index contributed by atoms with van der Waals surface area (Å²) < 4.78 is 5.49. The van der Waals surface area contributed by atoms with E-state index in [9.17, 15) is 0 Å². The van der Waals surface area contributed by atoms with Crippen molar-refractivity contribution < 1.29 is 4.42 Å². The Morgan fingerprint density at radius 2 is 2.20 bits per heavy atom. The molecule has 0 amide bonds. The third-order valence-electron chi connectivity index (χ3n) is 4.28. The second-order valence-electron chi connectivity index (χ2n) is 5.83. The highest BCUT2D eigenvalue weighted by atomic mass is 16.3. The number of aryl methyl sites for hydroxylation is 1. The van der Waals surface area contributed by atoms with E-state index in [1.54, 1.807) is 0 Å². The zero-order valence-electron chi connectivity index (χ0n) is 12.4. The van der Waals surface area contributed by atoms with E-state index in [-0.39, 0.29) is 0 Å². The normalized spacial score (nSPS) is 18.4. The summed E-state index contributed by atoms with van der Waals surface area (Å²) in [4.78, 5) is 0. The Hall–Kier alpha value is -1.54. The van der Waals surface area contributed by atoms with E-state index in [1.807, 2.05) is 13.2 Å². The van der Waals surface area contributed by atoms with E-state index in [0.29, 0.717) is 12.0 Å². The van der Waals surface area contributed by atoms with Crippen molar-refractivity contribution in [3.8, 4) is 0 Å². The molecule has 2 heteroatoms. The van der Waals surface area contributed by atoms with Crippen molar-refractivity contribution >= 4 is 0 Å². The van der Waals surface area contributed by atoms with Gasteiger partial charge in [0.2, 0.25) is 0 Å². The van der Waals surface area contributed by atoms with Crippen LogP contribution in [0.4, 0.5) is 0 Å². The van der Waals surface area contributed by atoms with Crippen molar-refractivity contribution in [3.63, 3.8) is 0 Å². The Morgan fingerprint density at radius 1 is 1.35 bits per heavy atom. The summed E-state index contributed by atoms with van der Waals surface area (Å²) in [6.45, 7) is 5.28. The molecule has 0 bridgehead atoms. The van der Waals surface area contributed by atoms with Gasteiger partial charge in [0, 0.05) is 11.6 Å². The molecule has 2 aromatic rings. The Bertz CT molecular complexity index is 572. The molecule has 1 aromatic carbocycles. The van der Waals surface area contributed by atoms with Crippen LogP contribution in [0.3, 0.4) is 0 Å². The van der Waals surface area contributed by atoms with E-state index >= 15 is 0 Å². The lowest BCUT2D eigenvalue weighted by Gasteiger charge is -2.33. The van der Waals surface area contributed by atoms with E-state index in [4.69, 9.17) is 4.42 Å². The van der Waals surface area contributed by atoms with Crippen LogP contribution in [0.2, 0.25) is 0 Å². The minimum Gasteiger partial charge on any atom is -0.469 e. The molecule has 1 aliphatic carbocycles. The quantitative estimate of drug-likeness (QED) is 0.843. The second-order valence-corrected chi connectivity index (χ2v) is 5.83. The fraction of sp³-hybridized carbons (Fsp3) is 0.444. The third-order valence-corrected chi connectivity index (χ3v) is 4.28. The lowest BCUT2D eigenvalue weighted by atomic mass is 9.74. The number of hydrogen-bond acceptors (Lipinski definition) is 2. The number of hydrogen-bond donors (Lipinski definition) is 1. The first kappa shape index (κ1) is 13.4. The van der Waals surface area contributed by atoms with Crippen LogP contribution in [-0.4, -0.2) is 6.54 Å². The van der Waals surface area contributed by atoms with Gasteiger partial charge in [-0.25, -0.2) is 0 Å². The largest absolute Gasteiger partial charge is 0.469 e. The number of benzene rings is 1. The van der Waals surface area contributed by atoms with Crippen molar-refractivity contribution in [2.75, 3.05) is 6.54 Å². The minimum absolute atomic E-state index is 0.408. The summed E-state index contributed by atoms with van der Waals surface area (Å²) in [7, 11) is 0. The van der Waals surface area contributed by atoms with Gasteiger partial charge in [-0.3, -0.25) is 0 Å². The number of fused-ring (bicyclic) bond motifs is 1. The van der Waals surface area contributed by atoms with Gasteiger partial charge in [0.25, 0.3) is 0 Å². The molecule has 0 radical (unpaired) electrons. The van der Waals surface area contributed by atoms with Gasteiger partial charge in [0.1, 0.15) is 5.76 Å². The molecule has 1 aliphatic rings. The Kier molecular flexibility index (Phi) is 3.93. The molecule has 0 saturated heterocycles. The number of nitrogens with one attached hydrogen (secondary N) is 1. The highest BCUT2D eigenvalue weighted by Gasteiger charge is 2.28. The lowest BCUT2D eigenvalue weighted by Crippen LogP contribution is -2.27. The van der Waals surface area contributed by atoms with Gasteiger partial charge in [-0.2, -0.15) is 0 Å². The second kappa shape index (κ2) is 5.84. The molecule has 0 spiro atoms. The van der Waals surface area contributed by atoms with Crippen molar-refractivity contribution in [2.24, 2.45) is 0 Å². The van der Waals surface area contributed by atoms with Crippen LogP contribution in [0.15, 0.2) is 41.0 Å². The van der Waals surface area contributed by atoms with E-state index in [2.05, 4.69) is 42.6 Å². The fourth-order valence-corrected chi connectivity index (χ4v) is 3.16. The molecule has 0 fully saturated rings. The summed E-state index contributed by atoms with van der Waals surface area (Å²) in [6.07, 6.45) is 5.45. The first-order chi connectivity index (χ1) is 9.78. The van der Waals surface area contributed by atoms with Crippen molar-refractivity contribution in [1.29, 1.82) is 0 Å². The Labute approximate surface area is 121 Å². The molecular formula is C18H23NO. The summed E-state index contributed by atoms with van der Waals surface area (Å²) in [5, 5.41) is 3.67. The lowest BCUT2D eigenvalue weighted by molar-refractivity contribution is 0.424. The standard InChI is InChI=1S/C18H23NO/c1-3-8-19-18(16-9-13(2)20-12-16)11-15-10-14-6-4-5-7-17(14)15/h4-7,9,12,15,18-19H,3,8,10-11H2,1-2H3.